The van der Waals surface area contributed by atoms with Crippen molar-refractivity contribution in [3.8, 4) is 0 Å². The minimum atomic E-state index is -1.17. The number of halogens is 1. The fraction of sp³-hybridized carbons (Fsp3) is 0.300. The zero-order valence-electron chi connectivity index (χ0n) is 7.89. The Labute approximate surface area is 95.4 Å². The normalized spacial score (nSPS) is 12.1. The first-order chi connectivity index (χ1) is 7.15. The summed E-state index contributed by atoms with van der Waals surface area (Å²) in [6.07, 6.45) is 0.742. The molecule has 5 heteroatoms. The number of benzene rings is 1. The second kappa shape index (κ2) is 5.60. The predicted octanol–water partition coefficient (Wildman–Crippen LogP) is 2.60. The Morgan fingerprint density at radius 1 is 1.47 bits per heavy atom. The summed E-state index contributed by atoms with van der Waals surface area (Å²) in [6.45, 7) is 0. The molecule has 1 unspecified atom stereocenters. The van der Waals surface area contributed by atoms with Crippen LogP contribution in [0.15, 0.2) is 33.9 Å². The number of nitroso groups, excluding NO2 is 1. The molecule has 15 heavy (non-hydrogen) atoms. The molecule has 0 spiro atoms. The molecule has 0 heterocycles. The summed E-state index contributed by atoms with van der Waals surface area (Å²) in [6, 6.07) is 6.34. The minimum Gasteiger partial charge on any atom is -0.480 e. The summed E-state index contributed by atoms with van der Waals surface area (Å²) < 4.78 is 0.917. The largest absolute Gasteiger partial charge is 0.480 e. The quantitative estimate of drug-likeness (QED) is 0.838. The lowest BCUT2D eigenvalue weighted by Gasteiger charge is -2.05. The summed E-state index contributed by atoms with van der Waals surface area (Å²) in [7, 11) is 0. The number of carboxylic acid groups (broad SMARTS) is 1. The molecule has 0 saturated heterocycles. The molecule has 0 aliphatic heterocycles. The third-order valence-electron chi connectivity index (χ3n) is 2.06. The Kier molecular flexibility index (Phi) is 4.42. The molecule has 0 aliphatic carbocycles. The number of aliphatic carboxylic acids is 1. The number of hydrogen-bond donors (Lipinski definition) is 1. The Morgan fingerprint density at radius 3 is 2.67 bits per heavy atom. The third kappa shape index (κ3) is 3.43. The van der Waals surface area contributed by atoms with Crippen molar-refractivity contribution in [2.45, 2.75) is 18.9 Å². The molecular formula is C10H10BrNO3. The SMILES string of the molecule is O=NC(CCc1ccccc1Br)C(=O)O. The third-order valence-corrected chi connectivity index (χ3v) is 2.83. The van der Waals surface area contributed by atoms with E-state index < -0.39 is 12.0 Å². The number of nitrogens with zero attached hydrogens (tertiary/aromatic N) is 1. The molecule has 4 nitrogen and oxygen atoms in total. The number of rotatable bonds is 5. The van der Waals surface area contributed by atoms with Crippen LogP contribution in [-0.2, 0) is 11.2 Å². The Balaban J connectivity index is 2.60. The number of hydrogen-bond acceptors (Lipinski definition) is 3. The van der Waals surface area contributed by atoms with E-state index in [2.05, 4.69) is 21.1 Å². The van der Waals surface area contributed by atoms with E-state index in [0.29, 0.717) is 6.42 Å². The monoisotopic (exact) mass is 271 g/mol. The second-order valence-corrected chi connectivity index (χ2v) is 3.94. The highest BCUT2D eigenvalue weighted by atomic mass is 79.9. The van der Waals surface area contributed by atoms with Crippen LogP contribution in [0.1, 0.15) is 12.0 Å². The van der Waals surface area contributed by atoms with Crippen LogP contribution in [0.25, 0.3) is 0 Å². The van der Waals surface area contributed by atoms with Gasteiger partial charge in [-0.25, -0.2) is 4.79 Å². The molecular weight excluding hydrogens is 262 g/mol. The first-order valence-electron chi connectivity index (χ1n) is 4.44. The van der Waals surface area contributed by atoms with E-state index in [4.69, 9.17) is 5.11 Å². The van der Waals surface area contributed by atoms with Crippen molar-refractivity contribution in [2.24, 2.45) is 5.18 Å². The lowest BCUT2D eigenvalue weighted by atomic mass is 10.1. The van der Waals surface area contributed by atoms with Crippen molar-refractivity contribution >= 4 is 21.9 Å². The van der Waals surface area contributed by atoms with Crippen molar-refractivity contribution in [1.82, 2.24) is 0 Å². The van der Waals surface area contributed by atoms with Crippen LogP contribution < -0.4 is 0 Å². The van der Waals surface area contributed by atoms with Crippen LogP contribution in [-0.4, -0.2) is 17.1 Å². The van der Waals surface area contributed by atoms with Crippen molar-refractivity contribution in [2.75, 3.05) is 0 Å². The zero-order valence-corrected chi connectivity index (χ0v) is 9.48. The maximum Gasteiger partial charge on any atom is 0.332 e. The van der Waals surface area contributed by atoms with Crippen molar-refractivity contribution in [3.63, 3.8) is 0 Å². The average Bonchev–Trinajstić information content (AvgIpc) is 2.21. The Bertz CT molecular complexity index is 367. The molecule has 1 N–H and O–H groups in total. The smallest absolute Gasteiger partial charge is 0.332 e. The fourth-order valence-electron chi connectivity index (χ4n) is 1.21. The molecule has 1 rings (SSSR count). The molecule has 1 aromatic rings. The Morgan fingerprint density at radius 2 is 2.13 bits per heavy atom. The molecule has 80 valence electrons. The molecule has 0 fully saturated rings. The topological polar surface area (TPSA) is 66.7 Å². The highest BCUT2D eigenvalue weighted by molar-refractivity contribution is 9.10. The van der Waals surface area contributed by atoms with Gasteiger partial charge in [-0.2, -0.15) is 0 Å². The van der Waals surface area contributed by atoms with E-state index in [1.807, 2.05) is 24.3 Å². The lowest BCUT2D eigenvalue weighted by Crippen LogP contribution is -2.17. The van der Waals surface area contributed by atoms with Crippen LogP contribution in [0.2, 0.25) is 0 Å². The van der Waals surface area contributed by atoms with E-state index in [9.17, 15) is 9.70 Å². The van der Waals surface area contributed by atoms with Crippen LogP contribution >= 0.6 is 15.9 Å². The van der Waals surface area contributed by atoms with Gasteiger partial charge in [-0.15, -0.1) is 4.91 Å². The van der Waals surface area contributed by atoms with E-state index in [1.165, 1.54) is 0 Å². The molecule has 1 atom stereocenters. The van der Waals surface area contributed by atoms with E-state index in [-0.39, 0.29) is 6.42 Å². The number of carboxylic acids is 1. The summed E-state index contributed by atoms with van der Waals surface area (Å²) in [5.74, 6) is -1.17. The molecule has 0 radical (unpaired) electrons. The van der Waals surface area contributed by atoms with Crippen LogP contribution in [0, 0.1) is 4.91 Å². The van der Waals surface area contributed by atoms with E-state index >= 15 is 0 Å². The van der Waals surface area contributed by atoms with Gasteiger partial charge in [0.25, 0.3) is 0 Å². The number of aryl methyl sites for hydroxylation is 1. The summed E-state index contributed by atoms with van der Waals surface area (Å²) in [4.78, 5) is 20.7. The van der Waals surface area contributed by atoms with Gasteiger partial charge in [0.05, 0.1) is 0 Å². The first-order valence-corrected chi connectivity index (χ1v) is 5.23. The van der Waals surface area contributed by atoms with Gasteiger partial charge in [-0.05, 0) is 24.5 Å². The van der Waals surface area contributed by atoms with Gasteiger partial charge in [-0.1, -0.05) is 39.3 Å². The lowest BCUT2D eigenvalue weighted by molar-refractivity contribution is -0.138. The predicted molar refractivity (Wildman–Crippen MR) is 59.7 cm³/mol. The van der Waals surface area contributed by atoms with Crippen LogP contribution in [0.5, 0.6) is 0 Å². The maximum absolute atomic E-state index is 10.5. The standard InChI is InChI=1S/C10H10BrNO3/c11-8-4-2-1-3-7(8)5-6-9(12-15)10(13)14/h1-4,9H,5-6H2,(H,13,14). The van der Waals surface area contributed by atoms with Gasteiger partial charge in [-0.3, -0.25) is 0 Å². The van der Waals surface area contributed by atoms with Crippen LogP contribution in [0.4, 0.5) is 0 Å². The first kappa shape index (κ1) is 11.8. The fourth-order valence-corrected chi connectivity index (χ4v) is 1.70. The van der Waals surface area contributed by atoms with Gasteiger partial charge in [0.1, 0.15) is 0 Å². The molecule has 0 saturated carbocycles. The van der Waals surface area contributed by atoms with Gasteiger partial charge < -0.3 is 5.11 Å². The summed E-state index contributed by atoms with van der Waals surface area (Å²) in [5, 5.41) is 11.2. The van der Waals surface area contributed by atoms with E-state index in [0.717, 1.165) is 10.0 Å². The van der Waals surface area contributed by atoms with Gasteiger partial charge in [0, 0.05) is 4.47 Å². The van der Waals surface area contributed by atoms with Gasteiger partial charge in [0.2, 0.25) is 0 Å². The van der Waals surface area contributed by atoms with Crippen LogP contribution in [0.3, 0.4) is 0 Å². The zero-order chi connectivity index (χ0) is 11.3. The average molecular weight is 272 g/mol. The number of carbonyl (C=O) groups is 1. The molecule has 0 bridgehead atoms. The molecule has 0 aliphatic rings. The second-order valence-electron chi connectivity index (χ2n) is 3.09. The molecule has 1 aromatic carbocycles. The van der Waals surface area contributed by atoms with E-state index in [1.54, 1.807) is 0 Å². The van der Waals surface area contributed by atoms with Crippen molar-refractivity contribution in [3.05, 3.63) is 39.2 Å². The highest BCUT2D eigenvalue weighted by Gasteiger charge is 2.17. The molecule has 0 aromatic heterocycles. The van der Waals surface area contributed by atoms with Crippen molar-refractivity contribution in [1.29, 1.82) is 0 Å². The Hall–Kier alpha value is -1.23. The summed E-state index contributed by atoms with van der Waals surface area (Å²) in [5.41, 5.74) is 0.979. The minimum absolute atomic E-state index is 0.224. The van der Waals surface area contributed by atoms with Crippen molar-refractivity contribution < 1.29 is 9.90 Å². The summed E-state index contributed by atoms with van der Waals surface area (Å²) >= 11 is 3.35. The van der Waals surface area contributed by atoms with Gasteiger partial charge in [0.15, 0.2) is 6.04 Å². The molecule has 0 amide bonds. The maximum atomic E-state index is 10.5. The van der Waals surface area contributed by atoms with Gasteiger partial charge >= 0.3 is 5.97 Å². The highest BCUT2D eigenvalue weighted by Crippen LogP contribution is 2.18.